The van der Waals surface area contributed by atoms with E-state index in [-0.39, 0.29) is 18.0 Å². The second kappa shape index (κ2) is 8.02. The van der Waals surface area contributed by atoms with E-state index in [4.69, 9.17) is 0 Å². The molecule has 0 aromatic heterocycles. The van der Waals surface area contributed by atoms with Gasteiger partial charge in [0, 0.05) is 26.2 Å². The maximum Gasteiger partial charge on any atom is 0.239 e. The predicted molar refractivity (Wildman–Crippen MR) is 104 cm³/mol. The lowest BCUT2D eigenvalue weighted by Gasteiger charge is -2.40. The Hall–Kier alpha value is -2.17. The Bertz CT molecular complexity index is 665. The fourth-order valence-corrected chi connectivity index (χ4v) is 4.20. The number of carbonyl (C=O) groups excluding carboxylic acids is 1. The summed E-state index contributed by atoms with van der Waals surface area (Å²) in [5, 5.41) is 3.33. The van der Waals surface area contributed by atoms with Crippen LogP contribution in [-0.4, -0.2) is 54.5 Å². The van der Waals surface area contributed by atoms with Gasteiger partial charge in [0.1, 0.15) is 0 Å². The molecule has 0 spiro atoms. The van der Waals surface area contributed by atoms with Crippen LogP contribution in [-0.2, 0) is 4.79 Å². The van der Waals surface area contributed by atoms with E-state index in [2.05, 4.69) is 70.9 Å². The summed E-state index contributed by atoms with van der Waals surface area (Å²) in [7, 11) is 0. The first-order valence-electron chi connectivity index (χ1n) is 9.69. The lowest BCUT2D eigenvalue weighted by Crippen LogP contribution is -2.53. The maximum absolute atomic E-state index is 12.7. The van der Waals surface area contributed by atoms with Gasteiger partial charge in [0.2, 0.25) is 5.91 Å². The van der Waals surface area contributed by atoms with Crippen molar-refractivity contribution in [1.82, 2.24) is 15.1 Å². The Labute approximate surface area is 155 Å². The monoisotopic (exact) mass is 349 g/mol. The van der Waals surface area contributed by atoms with Gasteiger partial charge >= 0.3 is 0 Å². The molecule has 26 heavy (non-hydrogen) atoms. The van der Waals surface area contributed by atoms with Crippen LogP contribution in [0.4, 0.5) is 0 Å². The molecule has 136 valence electrons. The molecule has 0 bridgehead atoms. The average molecular weight is 349 g/mol. The zero-order valence-electron chi connectivity index (χ0n) is 15.2. The second-order valence-electron chi connectivity index (χ2n) is 7.23. The predicted octanol–water partition coefficient (Wildman–Crippen LogP) is 2.67. The number of hydrogen-bond donors (Lipinski definition) is 1. The first-order valence-corrected chi connectivity index (χ1v) is 9.69. The summed E-state index contributed by atoms with van der Waals surface area (Å²) in [6.07, 6.45) is 2.09. The van der Waals surface area contributed by atoms with Crippen LogP contribution in [0.15, 0.2) is 60.7 Å². The third-order valence-corrected chi connectivity index (χ3v) is 5.58. The molecule has 0 aliphatic carbocycles. The molecule has 0 saturated carbocycles. The number of hydrogen-bond acceptors (Lipinski definition) is 3. The van der Waals surface area contributed by atoms with E-state index in [9.17, 15) is 4.79 Å². The number of amides is 1. The van der Waals surface area contributed by atoms with Gasteiger partial charge in [0.25, 0.3) is 0 Å². The van der Waals surface area contributed by atoms with Gasteiger partial charge in [-0.1, -0.05) is 60.7 Å². The van der Waals surface area contributed by atoms with E-state index in [1.165, 1.54) is 11.1 Å². The van der Waals surface area contributed by atoms with E-state index < -0.39 is 0 Å². The third kappa shape index (κ3) is 3.67. The molecule has 1 amide bonds. The molecule has 4 nitrogen and oxygen atoms in total. The molecule has 2 fully saturated rings. The van der Waals surface area contributed by atoms with Gasteiger partial charge in [-0.05, 0) is 30.5 Å². The largest absolute Gasteiger partial charge is 0.339 e. The summed E-state index contributed by atoms with van der Waals surface area (Å²) < 4.78 is 0. The first-order chi connectivity index (χ1) is 12.8. The van der Waals surface area contributed by atoms with Crippen LogP contribution >= 0.6 is 0 Å². The van der Waals surface area contributed by atoms with Crippen LogP contribution in [0.3, 0.4) is 0 Å². The first kappa shape index (κ1) is 17.3. The Balaban J connectivity index is 1.49. The van der Waals surface area contributed by atoms with Crippen molar-refractivity contribution in [3.05, 3.63) is 71.8 Å². The van der Waals surface area contributed by atoms with Crippen LogP contribution in [0, 0.1) is 0 Å². The number of rotatable bonds is 4. The zero-order chi connectivity index (χ0) is 17.8. The topological polar surface area (TPSA) is 35.6 Å². The van der Waals surface area contributed by atoms with Gasteiger partial charge < -0.3 is 10.2 Å². The van der Waals surface area contributed by atoms with Crippen LogP contribution in [0.25, 0.3) is 0 Å². The van der Waals surface area contributed by atoms with Gasteiger partial charge in [-0.2, -0.15) is 0 Å². The van der Waals surface area contributed by atoms with Crippen LogP contribution < -0.4 is 5.32 Å². The molecule has 2 aromatic carbocycles. The summed E-state index contributed by atoms with van der Waals surface area (Å²) in [5.41, 5.74) is 2.63. The van der Waals surface area contributed by atoms with E-state index in [1.807, 2.05) is 4.90 Å². The van der Waals surface area contributed by atoms with Crippen LogP contribution in [0.2, 0.25) is 0 Å². The van der Waals surface area contributed by atoms with Crippen LogP contribution in [0.1, 0.15) is 30.0 Å². The minimum absolute atomic E-state index is 0.0422. The van der Waals surface area contributed by atoms with Crippen molar-refractivity contribution in [1.29, 1.82) is 0 Å². The van der Waals surface area contributed by atoms with Gasteiger partial charge in [-0.25, -0.2) is 0 Å². The summed E-state index contributed by atoms with van der Waals surface area (Å²) in [5.74, 6) is 0.290. The lowest BCUT2D eigenvalue weighted by atomic mass is 9.96. The fraction of sp³-hybridized carbons (Fsp3) is 0.409. The molecule has 1 unspecified atom stereocenters. The SMILES string of the molecule is O=C(C1CCCN1)N1CCN(C(c2ccccc2)c2ccccc2)CC1. The highest BCUT2D eigenvalue weighted by molar-refractivity contribution is 5.82. The Morgan fingerprint density at radius 3 is 1.96 bits per heavy atom. The third-order valence-electron chi connectivity index (χ3n) is 5.58. The summed E-state index contributed by atoms with van der Waals surface area (Å²) in [6, 6.07) is 21.7. The smallest absolute Gasteiger partial charge is 0.239 e. The second-order valence-corrected chi connectivity index (χ2v) is 7.23. The van der Waals surface area contributed by atoms with Gasteiger partial charge in [-0.3, -0.25) is 9.69 Å². The van der Waals surface area contributed by atoms with Crippen molar-refractivity contribution in [3.63, 3.8) is 0 Å². The molecule has 2 saturated heterocycles. The molecule has 0 radical (unpaired) electrons. The van der Waals surface area contributed by atoms with E-state index in [0.29, 0.717) is 0 Å². The highest BCUT2D eigenvalue weighted by Gasteiger charge is 2.31. The molecular formula is C22H27N3O. The van der Waals surface area contributed by atoms with Crippen molar-refractivity contribution in [2.24, 2.45) is 0 Å². The Morgan fingerprint density at radius 2 is 1.46 bits per heavy atom. The normalized spacial score (nSPS) is 21.3. The van der Waals surface area contributed by atoms with E-state index in [0.717, 1.165) is 45.6 Å². The fourth-order valence-electron chi connectivity index (χ4n) is 4.20. The number of carbonyl (C=O) groups is 1. The maximum atomic E-state index is 12.7. The molecule has 2 heterocycles. The Morgan fingerprint density at radius 1 is 0.885 bits per heavy atom. The summed E-state index contributed by atoms with van der Waals surface area (Å²) in [6.45, 7) is 4.42. The summed E-state index contributed by atoms with van der Waals surface area (Å²) in [4.78, 5) is 17.2. The minimum Gasteiger partial charge on any atom is -0.339 e. The van der Waals surface area contributed by atoms with E-state index >= 15 is 0 Å². The molecule has 1 atom stereocenters. The number of nitrogens with one attached hydrogen (secondary N) is 1. The van der Waals surface area contributed by atoms with Gasteiger partial charge in [-0.15, -0.1) is 0 Å². The molecule has 4 heteroatoms. The molecule has 2 aliphatic rings. The summed E-state index contributed by atoms with van der Waals surface area (Å²) >= 11 is 0. The number of piperazine rings is 1. The molecule has 1 N–H and O–H groups in total. The zero-order valence-corrected chi connectivity index (χ0v) is 15.2. The molecular weight excluding hydrogens is 322 g/mol. The standard InChI is InChI=1S/C22H27N3O/c26-22(20-12-7-13-23-20)25-16-14-24(15-17-25)21(18-8-3-1-4-9-18)19-10-5-2-6-11-19/h1-6,8-11,20-21,23H,7,12-17H2. The van der Waals surface area contributed by atoms with E-state index in [1.54, 1.807) is 0 Å². The highest BCUT2D eigenvalue weighted by Crippen LogP contribution is 2.29. The van der Waals surface area contributed by atoms with Crippen molar-refractivity contribution in [3.8, 4) is 0 Å². The van der Waals surface area contributed by atoms with Gasteiger partial charge in [0.05, 0.1) is 12.1 Å². The molecule has 2 aromatic rings. The Kier molecular flexibility index (Phi) is 5.32. The highest BCUT2D eigenvalue weighted by atomic mass is 16.2. The van der Waals surface area contributed by atoms with Crippen molar-refractivity contribution < 1.29 is 4.79 Å². The van der Waals surface area contributed by atoms with Gasteiger partial charge in [0.15, 0.2) is 0 Å². The van der Waals surface area contributed by atoms with Crippen molar-refractivity contribution >= 4 is 5.91 Å². The molecule has 4 rings (SSSR count). The molecule has 2 aliphatic heterocycles. The van der Waals surface area contributed by atoms with Crippen molar-refractivity contribution in [2.45, 2.75) is 24.9 Å². The average Bonchev–Trinajstić information content (AvgIpc) is 3.25. The lowest BCUT2D eigenvalue weighted by molar-refractivity contribution is -0.135. The van der Waals surface area contributed by atoms with Crippen molar-refractivity contribution in [2.75, 3.05) is 32.7 Å². The minimum atomic E-state index is 0.0422. The number of nitrogens with zero attached hydrogens (tertiary/aromatic N) is 2. The number of benzene rings is 2. The quantitative estimate of drug-likeness (QED) is 0.922. The van der Waals surface area contributed by atoms with Crippen LogP contribution in [0.5, 0.6) is 0 Å².